The first kappa shape index (κ1) is 16.6. The Bertz CT molecular complexity index is 631. The lowest BCUT2D eigenvalue weighted by molar-refractivity contribution is 0.198. The van der Waals surface area contributed by atoms with Crippen molar-refractivity contribution in [2.45, 2.75) is 40.3 Å². The molecule has 2 heterocycles. The van der Waals surface area contributed by atoms with Gasteiger partial charge in [-0.15, -0.1) is 23.5 Å². The van der Waals surface area contributed by atoms with Crippen molar-refractivity contribution in [3.63, 3.8) is 0 Å². The fourth-order valence-electron chi connectivity index (χ4n) is 4.03. The van der Waals surface area contributed by atoms with Gasteiger partial charge < -0.3 is 0 Å². The number of rotatable bonds is 5. The van der Waals surface area contributed by atoms with Crippen molar-refractivity contribution in [3.8, 4) is 0 Å². The van der Waals surface area contributed by atoms with Crippen molar-refractivity contribution in [1.82, 2.24) is 4.90 Å². The van der Waals surface area contributed by atoms with Crippen LogP contribution < -0.4 is 0 Å². The van der Waals surface area contributed by atoms with Crippen LogP contribution in [0.2, 0.25) is 0 Å². The van der Waals surface area contributed by atoms with Crippen molar-refractivity contribution in [1.29, 1.82) is 0 Å². The van der Waals surface area contributed by atoms with Crippen LogP contribution in [0.5, 0.6) is 0 Å². The largest absolute Gasteiger partial charge is 0.299 e. The molecule has 2 aliphatic rings. The zero-order valence-electron chi connectivity index (χ0n) is 14.0. The number of hydrogen-bond acceptors (Lipinski definition) is 3. The van der Waals surface area contributed by atoms with E-state index >= 15 is 0 Å². The van der Waals surface area contributed by atoms with E-state index in [1.54, 1.807) is 0 Å². The zero-order chi connectivity index (χ0) is 16.2. The lowest BCUT2D eigenvalue weighted by Crippen LogP contribution is -2.38. The molecule has 0 aliphatic carbocycles. The smallest absolute Gasteiger partial charge is 0.0299 e. The van der Waals surface area contributed by atoms with E-state index in [1.807, 2.05) is 11.8 Å². The Kier molecular flexibility index (Phi) is 5.51. The van der Waals surface area contributed by atoms with Crippen LogP contribution in [-0.2, 0) is 0 Å². The lowest BCUT2D eigenvalue weighted by atomic mass is 10.00. The molecule has 2 aromatic carbocycles. The predicted molar refractivity (Wildman–Crippen MR) is 106 cm³/mol. The highest BCUT2D eigenvalue weighted by Crippen LogP contribution is 2.43. The molecule has 24 heavy (non-hydrogen) atoms. The third-order valence-corrected chi connectivity index (χ3v) is 7.92. The maximum Gasteiger partial charge on any atom is 0.0299 e. The van der Waals surface area contributed by atoms with E-state index in [0.29, 0.717) is 0 Å². The monoisotopic (exact) mass is 355 g/mol. The second kappa shape index (κ2) is 7.99. The predicted octanol–water partition coefficient (Wildman–Crippen LogP) is 5.42. The average Bonchev–Trinajstić information content (AvgIpc) is 2.99. The molecule has 0 bridgehead atoms. The van der Waals surface area contributed by atoms with Crippen molar-refractivity contribution in [2.75, 3.05) is 18.8 Å². The zero-order valence-corrected chi connectivity index (χ0v) is 15.6. The molecule has 3 heteroatoms. The van der Waals surface area contributed by atoms with Crippen molar-refractivity contribution >= 4 is 23.5 Å². The molecular weight excluding hydrogens is 330 g/mol. The first-order valence-corrected chi connectivity index (χ1v) is 10.9. The summed E-state index contributed by atoms with van der Waals surface area (Å²) in [6.07, 6.45) is 4.18. The summed E-state index contributed by atoms with van der Waals surface area (Å²) in [5.74, 6) is 2.02. The van der Waals surface area contributed by atoms with Gasteiger partial charge in [0.15, 0.2) is 0 Å². The fourth-order valence-corrected chi connectivity index (χ4v) is 6.69. The van der Waals surface area contributed by atoms with Gasteiger partial charge in [0.25, 0.3) is 0 Å². The van der Waals surface area contributed by atoms with Gasteiger partial charge in [0.05, 0.1) is 0 Å². The van der Waals surface area contributed by atoms with Gasteiger partial charge in [0.2, 0.25) is 0 Å². The van der Waals surface area contributed by atoms with E-state index in [1.165, 1.54) is 47.9 Å². The first-order chi connectivity index (χ1) is 11.9. The molecule has 2 aliphatic heterocycles. The third-order valence-electron chi connectivity index (χ3n) is 5.20. The Hall–Kier alpha value is -0.900. The molecule has 126 valence electrons. The maximum absolute atomic E-state index is 2.78. The summed E-state index contributed by atoms with van der Waals surface area (Å²) in [6, 6.07) is 22.7. The van der Waals surface area contributed by atoms with Gasteiger partial charge in [-0.3, -0.25) is 4.90 Å². The van der Waals surface area contributed by atoms with Crippen LogP contribution in [0.3, 0.4) is 0 Å². The van der Waals surface area contributed by atoms with Gasteiger partial charge in [0.1, 0.15) is 0 Å². The van der Waals surface area contributed by atoms with Crippen LogP contribution in [0.15, 0.2) is 70.5 Å². The van der Waals surface area contributed by atoms with Crippen LogP contribution in [0.4, 0.5) is 0 Å². The SMILES string of the molecule is c1ccc(SC[C@H]2CN3CCCC[C@@H]3[C@H]2Sc2ccccc2)cc1. The Morgan fingerprint density at radius 1 is 0.875 bits per heavy atom. The van der Waals surface area contributed by atoms with Crippen molar-refractivity contribution < 1.29 is 0 Å². The fraction of sp³-hybridized carbons (Fsp3) is 0.429. The minimum atomic E-state index is 0.740. The third kappa shape index (κ3) is 3.84. The van der Waals surface area contributed by atoms with Crippen molar-refractivity contribution in [3.05, 3.63) is 60.7 Å². The van der Waals surface area contributed by atoms with Crippen LogP contribution in [0.25, 0.3) is 0 Å². The summed E-state index contributed by atoms with van der Waals surface area (Å²) in [4.78, 5) is 5.62. The number of hydrogen-bond donors (Lipinski definition) is 0. The molecule has 0 unspecified atom stereocenters. The van der Waals surface area contributed by atoms with Gasteiger partial charge in [-0.2, -0.15) is 0 Å². The molecule has 2 saturated heterocycles. The summed E-state index contributed by atoms with van der Waals surface area (Å²) in [5.41, 5.74) is 0. The van der Waals surface area contributed by atoms with Gasteiger partial charge in [-0.05, 0) is 49.6 Å². The highest BCUT2D eigenvalue weighted by Gasteiger charge is 2.42. The Morgan fingerprint density at radius 2 is 1.58 bits per heavy atom. The minimum absolute atomic E-state index is 0.740. The maximum atomic E-state index is 2.78. The molecule has 2 aromatic rings. The quantitative estimate of drug-likeness (QED) is 0.659. The number of nitrogens with zero attached hydrogens (tertiary/aromatic N) is 1. The number of benzene rings is 2. The first-order valence-electron chi connectivity index (χ1n) is 9.04. The molecule has 0 amide bonds. The molecule has 0 spiro atoms. The molecule has 0 saturated carbocycles. The summed E-state index contributed by atoms with van der Waals surface area (Å²) in [5, 5.41) is 0.740. The molecule has 1 nitrogen and oxygen atoms in total. The Balaban J connectivity index is 1.47. The number of piperidine rings is 1. The highest BCUT2D eigenvalue weighted by molar-refractivity contribution is 8.00. The summed E-state index contributed by atoms with van der Waals surface area (Å²) in [6.45, 7) is 2.60. The second-order valence-corrected chi connectivity index (χ2v) is 9.18. The van der Waals surface area contributed by atoms with E-state index in [0.717, 1.165) is 17.2 Å². The average molecular weight is 356 g/mol. The minimum Gasteiger partial charge on any atom is -0.299 e. The standard InChI is InChI=1S/C21H25NS2/c1-3-9-18(10-4-1)23-16-17-15-22-14-8-7-13-20(22)21(17)24-19-11-5-2-6-12-19/h1-6,9-12,17,20-21H,7-8,13-16H2/t17-,20-,21+/m1/s1. The van der Waals surface area contributed by atoms with Gasteiger partial charge in [-0.1, -0.05) is 42.8 Å². The summed E-state index contributed by atoms with van der Waals surface area (Å²) >= 11 is 4.16. The second-order valence-electron chi connectivity index (χ2n) is 6.84. The topological polar surface area (TPSA) is 3.24 Å². The lowest BCUT2D eigenvalue weighted by Gasteiger charge is -2.32. The van der Waals surface area contributed by atoms with E-state index in [-0.39, 0.29) is 0 Å². The molecule has 3 atom stereocenters. The van der Waals surface area contributed by atoms with E-state index in [9.17, 15) is 0 Å². The van der Waals surface area contributed by atoms with Gasteiger partial charge in [0, 0.05) is 33.4 Å². The van der Waals surface area contributed by atoms with Crippen LogP contribution in [-0.4, -0.2) is 35.0 Å². The van der Waals surface area contributed by atoms with E-state index in [4.69, 9.17) is 0 Å². The van der Waals surface area contributed by atoms with Crippen LogP contribution >= 0.6 is 23.5 Å². The normalized spacial score (nSPS) is 27.1. The summed E-state index contributed by atoms with van der Waals surface area (Å²) in [7, 11) is 0. The van der Waals surface area contributed by atoms with Gasteiger partial charge >= 0.3 is 0 Å². The van der Waals surface area contributed by atoms with Gasteiger partial charge in [-0.25, -0.2) is 0 Å². The Morgan fingerprint density at radius 3 is 2.33 bits per heavy atom. The molecule has 0 radical (unpaired) electrons. The number of fused-ring (bicyclic) bond motifs is 1. The molecule has 2 fully saturated rings. The molecular formula is C21H25NS2. The Labute approximate surface area is 154 Å². The van der Waals surface area contributed by atoms with E-state index in [2.05, 4.69) is 77.3 Å². The van der Waals surface area contributed by atoms with Crippen LogP contribution in [0.1, 0.15) is 19.3 Å². The van der Waals surface area contributed by atoms with E-state index < -0.39 is 0 Å². The highest BCUT2D eigenvalue weighted by atomic mass is 32.2. The molecule has 0 N–H and O–H groups in total. The number of thioether (sulfide) groups is 2. The molecule has 0 aromatic heterocycles. The van der Waals surface area contributed by atoms with Crippen LogP contribution in [0, 0.1) is 5.92 Å². The van der Waals surface area contributed by atoms with Crippen molar-refractivity contribution in [2.24, 2.45) is 5.92 Å². The summed E-state index contributed by atoms with van der Waals surface area (Å²) < 4.78 is 0. The molecule has 4 rings (SSSR count).